The molecule has 2 N–H and O–H groups in total. The second-order valence-corrected chi connectivity index (χ2v) is 4.72. The van der Waals surface area contributed by atoms with Gasteiger partial charge in [-0.2, -0.15) is 0 Å². The molecule has 1 rings (SSSR count). The Hall–Kier alpha value is -0.120. The Morgan fingerprint density at radius 3 is 2.79 bits per heavy atom. The van der Waals surface area contributed by atoms with E-state index in [1.165, 1.54) is 12.8 Å². The van der Waals surface area contributed by atoms with Crippen molar-refractivity contribution in [2.45, 2.75) is 44.7 Å². The Morgan fingerprint density at radius 1 is 1.57 bits per heavy atom. The first kappa shape index (κ1) is 12.0. The normalized spacial score (nSPS) is 29.8. The van der Waals surface area contributed by atoms with Crippen molar-refractivity contribution in [3.8, 4) is 0 Å². The molecule has 0 aliphatic carbocycles. The fourth-order valence-corrected chi connectivity index (χ4v) is 2.04. The van der Waals surface area contributed by atoms with Crippen LogP contribution in [0.4, 0.5) is 0 Å². The van der Waals surface area contributed by atoms with Gasteiger partial charge in [-0.15, -0.1) is 0 Å². The molecule has 0 radical (unpaired) electrons. The summed E-state index contributed by atoms with van der Waals surface area (Å²) < 4.78 is 5.35. The number of nitrogens with two attached hydrogens (primary N) is 1. The molecule has 1 heterocycles. The SMILES string of the molecule is CCCC(C)N(C)CC1(N)CCOC1. The van der Waals surface area contributed by atoms with Crippen LogP contribution in [0, 0.1) is 0 Å². The van der Waals surface area contributed by atoms with Gasteiger partial charge in [-0.25, -0.2) is 0 Å². The Balaban J connectivity index is 2.34. The molecule has 0 saturated carbocycles. The summed E-state index contributed by atoms with van der Waals surface area (Å²) in [6.07, 6.45) is 3.48. The average molecular weight is 200 g/mol. The quantitative estimate of drug-likeness (QED) is 0.725. The molecule has 2 unspecified atom stereocenters. The predicted octanol–water partition coefficient (Wildman–Crippen LogP) is 1.22. The maximum Gasteiger partial charge on any atom is 0.0659 e. The molecular formula is C11H24N2O. The van der Waals surface area contributed by atoms with E-state index in [2.05, 4.69) is 25.8 Å². The van der Waals surface area contributed by atoms with Crippen LogP contribution in [0.15, 0.2) is 0 Å². The highest BCUT2D eigenvalue weighted by Crippen LogP contribution is 2.18. The van der Waals surface area contributed by atoms with Crippen LogP contribution in [0.25, 0.3) is 0 Å². The minimum absolute atomic E-state index is 0.100. The standard InChI is InChI=1S/C11H24N2O/c1-4-5-10(2)13(3)8-11(12)6-7-14-9-11/h10H,4-9,12H2,1-3H3. The molecule has 14 heavy (non-hydrogen) atoms. The molecule has 2 atom stereocenters. The molecule has 3 nitrogen and oxygen atoms in total. The van der Waals surface area contributed by atoms with E-state index in [-0.39, 0.29) is 5.54 Å². The zero-order chi connectivity index (χ0) is 10.6. The van der Waals surface area contributed by atoms with Gasteiger partial charge in [-0.3, -0.25) is 0 Å². The molecule has 0 amide bonds. The van der Waals surface area contributed by atoms with Gasteiger partial charge in [0, 0.05) is 19.2 Å². The molecule has 1 aliphatic rings. The van der Waals surface area contributed by atoms with E-state index in [1.54, 1.807) is 0 Å². The van der Waals surface area contributed by atoms with Crippen molar-refractivity contribution in [3.63, 3.8) is 0 Å². The number of hydrogen-bond acceptors (Lipinski definition) is 3. The molecule has 0 aromatic heterocycles. The highest BCUT2D eigenvalue weighted by Gasteiger charge is 2.32. The van der Waals surface area contributed by atoms with Gasteiger partial charge in [-0.05, 0) is 26.8 Å². The molecule has 0 aromatic carbocycles. The molecule has 1 saturated heterocycles. The topological polar surface area (TPSA) is 38.5 Å². The number of nitrogens with zero attached hydrogens (tertiary/aromatic N) is 1. The van der Waals surface area contributed by atoms with Gasteiger partial charge in [0.1, 0.15) is 0 Å². The van der Waals surface area contributed by atoms with Crippen molar-refractivity contribution in [2.75, 3.05) is 26.8 Å². The number of likely N-dealkylation sites (N-methyl/N-ethyl adjacent to an activating group) is 1. The van der Waals surface area contributed by atoms with Gasteiger partial charge >= 0.3 is 0 Å². The summed E-state index contributed by atoms with van der Waals surface area (Å²) in [6.45, 7) is 6.99. The van der Waals surface area contributed by atoms with E-state index in [9.17, 15) is 0 Å². The largest absolute Gasteiger partial charge is 0.379 e. The molecule has 1 fully saturated rings. The third kappa shape index (κ3) is 3.23. The summed E-state index contributed by atoms with van der Waals surface area (Å²) in [5, 5.41) is 0. The van der Waals surface area contributed by atoms with Crippen LogP contribution < -0.4 is 5.73 Å². The van der Waals surface area contributed by atoms with Crippen molar-refractivity contribution < 1.29 is 4.74 Å². The minimum Gasteiger partial charge on any atom is -0.379 e. The molecule has 0 bridgehead atoms. The van der Waals surface area contributed by atoms with E-state index < -0.39 is 0 Å². The lowest BCUT2D eigenvalue weighted by Gasteiger charge is -2.32. The maximum atomic E-state index is 6.23. The molecule has 1 aliphatic heterocycles. The Morgan fingerprint density at radius 2 is 2.29 bits per heavy atom. The van der Waals surface area contributed by atoms with Gasteiger partial charge in [0.05, 0.1) is 12.1 Å². The predicted molar refractivity (Wildman–Crippen MR) is 59.4 cm³/mol. The number of hydrogen-bond donors (Lipinski definition) is 1. The second-order valence-electron chi connectivity index (χ2n) is 4.72. The highest BCUT2D eigenvalue weighted by atomic mass is 16.5. The van der Waals surface area contributed by atoms with E-state index in [4.69, 9.17) is 10.5 Å². The van der Waals surface area contributed by atoms with E-state index in [1.807, 2.05) is 0 Å². The Bertz CT molecular complexity index is 167. The fraction of sp³-hybridized carbons (Fsp3) is 1.00. The first-order chi connectivity index (χ1) is 6.57. The molecule has 3 heteroatoms. The Kier molecular flexibility index (Phi) is 4.35. The van der Waals surface area contributed by atoms with E-state index in [0.717, 1.165) is 26.2 Å². The van der Waals surface area contributed by atoms with Gasteiger partial charge < -0.3 is 15.4 Å². The highest BCUT2D eigenvalue weighted by molar-refractivity contribution is 4.91. The van der Waals surface area contributed by atoms with Crippen molar-refractivity contribution in [2.24, 2.45) is 5.73 Å². The third-order valence-corrected chi connectivity index (χ3v) is 3.16. The summed E-state index contributed by atoms with van der Waals surface area (Å²) >= 11 is 0. The average Bonchev–Trinajstić information content (AvgIpc) is 2.52. The summed E-state index contributed by atoms with van der Waals surface area (Å²) in [6, 6.07) is 0.626. The summed E-state index contributed by atoms with van der Waals surface area (Å²) in [7, 11) is 2.16. The summed E-state index contributed by atoms with van der Waals surface area (Å²) in [5.41, 5.74) is 6.13. The van der Waals surface area contributed by atoms with Gasteiger partial charge in [-0.1, -0.05) is 13.3 Å². The first-order valence-electron chi connectivity index (χ1n) is 5.64. The Labute approximate surface area is 87.6 Å². The zero-order valence-electron chi connectivity index (χ0n) is 9.75. The zero-order valence-corrected chi connectivity index (χ0v) is 9.75. The lowest BCUT2D eigenvalue weighted by Crippen LogP contribution is -2.51. The van der Waals surface area contributed by atoms with Crippen molar-refractivity contribution in [3.05, 3.63) is 0 Å². The number of rotatable bonds is 5. The first-order valence-corrected chi connectivity index (χ1v) is 5.64. The lowest BCUT2D eigenvalue weighted by molar-refractivity contribution is 0.146. The molecule has 0 aromatic rings. The monoisotopic (exact) mass is 200 g/mol. The van der Waals surface area contributed by atoms with Crippen LogP contribution in [-0.2, 0) is 4.74 Å². The van der Waals surface area contributed by atoms with Crippen molar-refractivity contribution in [1.29, 1.82) is 0 Å². The number of ether oxygens (including phenoxy) is 1. The molecule has 0 spiro atoms. The van der Waals surface area contributed by atoms with Crippen LogP contribution in [-0.4, -0.2) is 43.3 Å². The van der Waals surface area contributed by atoms with Gasteiger partial charge in [0.2, 0.25) is 0 Å². The van der Waals surface area contributed by atoms with Crippen LogP contribution in [0.3, 0.4) is 0 Å². The van der Waals surface area contributed by atoms with Crippen LogP contribution in [0.5, 0.6) is 0 Å². The third-order valence-electron chi connectivity index (χ3n) is 3.16. The molecular weight excluding hydrogens is 176 g/mol. The van der Waals surface area contributed by atoms with Gasteiger partial charge in [0.25, 0.3) is 0 Å². The van der Waals surface area contributed by atoms with Crippen LogP contribution in [0.1, 0.15) is 33.1 Å². The second kappa shape index (κ2) is 5.10. The van der Waals surface area contributed by atoms with E-state index >= 15 is 0 Å². The van der Waals surface area contributed by atoms with Crippen molar-refractivity contribution >= 4 is 0 Å². The van der Waals surface area contributed by atoms with Gasteiger partial charge in [0.15, 0.2) is 0 Å². The van der Waals surface area contributed by atoms with Crippen LogP contribution in [0.2, 0.25) is 0 Å². The van der Waals surface area contributed by atoms with E-state index in [0.29, 0.717) is 6.04 Å². The minimum atomic E-state index is -0.100. The van der Waals surface area contributed by atoms with Crippen molar-refractivity contribution in [1.82, 2.24) is 4.90 Å². The fourth-order valence-electron chi connectivity index (χ4n) is 2.04. The summed E-state index contributed by atoms with van der Waals surface area (Å²) in [5.74, 6) is 0. The van der Waals surface area contributed by atoms with Crippen LogP contribution >= 0.6 is 0 Å². The summed E-state index contributed by atoms with van der Waals surface area (Å²) in [4.78, 5) is 2.36. The lowest BCUT2D eigenvalue weighted by atomic mass is 9.98. The smallest absolute Gasteiger partial charge is 0.0659 e. The molecule has 84 valence electrons. The maximum absolute atomic E-state index is 6.23.